The fourth-order valence-electron chi connectivity index (χ4n) is 0.881. The molecule has 0 aromatic carbocycles. The van der Waals surface area contributed by atoms with Crippen molar-refractivity contribution in [3.63, 3.8) is 0 Å². The van der Waals surface area contributed by atoms with Crippen LogP contribution in [-0.2, 0) is 9.47 Å². The lowest BCUT2D eigenvalue weighted by molar-refractivity contribution is -0.103. The number of rotatable bonds is 3. The van der Waals surface area contributed by atoms with Gasteiger partial charge in [-0.25, -0.2) is 0 Å². The Labute approximate surface area is 76.1 Å². The molecular formula is C9H10O2S. The average molecular weight is 182 g/mol. The monoisotopic (exact) mass is 182 g/mol. The molecular weight excluding hydrogens is 172 g/mol. The Morgan fingerprint density at radius 2 is 2.17 bits per heavy atom. The predicted octanol–water partition coefficient (Wildman–Crippen LogP) is 2.02. The summed E-state index contributed by atoms with van der Waals surface area (Å²) in [6, 6.07) is 1.89. The van der Waals surface area contributed by atoms with E-state index >= 15 is 0 Å². The zero-order chi connectivity index (χ0) is 8.97. The quantitative estimate of drug-likeness (QED) is 0.526. The van der Waals surface area contributed by atoms with Gasteiger partial charge in [0.1, 0.15) is 0 Å². The second-order valence-electron chi connectivity index (χ2n) is 2.19. The molecule has 0 radical (unpaired) electrons. The van der Waals surface area contributed by atoms with E-state index in [4.69, 9.17) is 15.9 Å². The van der Waals surface area contributed by atoms with Crippen molar-refractivity contribution < 1.29 is 9.47 Å². The van der Waals surface area contributed by atoms with Crippen LogP contribution >= 0.6 is 11.3 Å². The molecule has 64 valence electrons. The molecule has 3 heteroatoms. The van der Waals surface area contributed by atoms with E-state index in [0.717, 1.165) is 10.4 Å². The second kappa shape index (κ2) is 4.27. The first kappa shape index (κ1) is 9.27. The molecule has 12 heavy (non-hydrogen) atoms. The molecule has 0 amide bonds. The van der Waals surface area contributed by atoms with Gasteiger partial charge in [-0.2, -0.15) is 0 Å². The molecule has 0 aliphatic heterocycles. The van der Waals surface area contributed by atoms with E-state index in [9.17, 15) is 0 Å². The molecule has 1 rings (SSSR count). The van der Waals surface area contributed by atoms with E-state index in [-0.39, 0.29) is 6.29 Å². The van der Waals surface area contributed by atoms with Crippen LogP contribution in [0.4, 0.5) is 0 Å². The summed E-state index contributed by atoms with van der Waals surface area (Å²) in [4.78, 5) is 0.993. The SMILES string of the molecule is C#Cc1csc(C(OC)OC)c1. The second-order valence-corrected chi connectivity index (χ2v) is 3.13. The Balaban J connectivity index is 2.81. The molecule has 0 saturated carbocycles. The van der Waals surface area contributed by atoms with Crippen molar-refractivity contribution in [2.75, 3.05) is 14.2 Å². The lowest BCUT2D eigenvalue weighted by atomic mass is 10.3. The number of ether oxygens (including phenoxy) is 2. The van der Waals surface area contributed by atoms with E-state index in [1.807, 2.05) is 11.4 Å². The highest BCUT2D eigenvalue weighted by atomic mass is 32.1. The topological polar surface area (TPSA) is 18.5 Å². The van der Waals surface area contributed by atoms with E-state index in [2.05, 4.69) is 5.92 Å². The van der Waals surface area contributed by atoms with Crippen molar-refractivity contribution in [3.8, 4) is 12.3 Å². The van der Waals surface area contributed by atoms with Gasteiger partial charge in [0.25, 0.3) is 0 Å². The third-order valence-corrected chi connectivity index (χ3v) is 2.40. The minimum atomic E-state index is -0.294. The van der Waals surface area contributed by atoms with Gasteiger partial charge in [-0.05, 0) is 6.07 Å². The fraction of sp³-hybridized carbons (Fsp3) is 0.333. The van der Waals surface area contributed by atoms with Crippen molar-refractivity contribution in [2.24, 2.45) is 0 Å². The molecule has 0 N–H and O–H groups in total. The third-order valence-electron chi connectivity index (χ3n) is 1.45. The highest BCUT2D eigenvalue weighted by Crippen LogP contribution is 2.24. The molecule has 1 heterocycles. The average Bonchev–Trinajstić information content (AvgIpc) is 2.55. The van der Waals surface area contributed by atoms with Gasteiger partial charge in [0.05, 0.1) is 4.88 Å². The molecule has 0 unspecified atom stereocenters. The molecule has 0 fully saturated rings. The van der Waals surface area contributed by atoms with Gasteiger partial charge >= 0.3 is 0 Å². The van der Waals surface area contributed by atoms with Crippen LogP contribution in [0, 0.1) is 12.3 Å². The Kier molecular flexibility index (Phi) is 3.30. The van der Waals surface area contributed by atoms with Crippen molar-refractivity contribution in [1.29, 1.82) is 0 Å². The van der Waals surface area contributed by atoms with E-state index in [0.29, 0.717) is 0 Å². The number of hydrogen-bond acceptors (Lipinski definition) is 3. The van der Waals surface area contributed by atoms with Gasteiger partial charge in [-0.1, -0.05) is 5.92 Å². The molecule has 0 atom stereocenters. The molecule has 0 aliphatic rings. The van der Waals surface area contributed by atoms with Crippen LogP contribution in [0.15, 0.2) is 11.4 Å². The van der Waals surface area contributed by atoms with Gasteiger partial charge in [-0.3, -0.25) is 0 Å². The maximum absolute atomic E-state index is 5.22. The summed E-state index contributed by atoms with van der Waals surface area (Å²) >= 11 is 1.54. The largest absolute Gasteiger partial charge is 0.351 e. The molecule has 1 aromatic heterocycles. The fourth-order valence-corrected chi connectivity index (χ4v) is 1.78. The summed E-state index contributed by atoms with van der Waals surface area (Å²) in [5.41, 5.74) is 0.870. The molecule has 0 spiro atoms. The Hall–Kier alpha value is -0.820. The molecule has 1 aromatic rings. The first-order chi connectivity index (χ1) is 5.81. The van der Waals surface area contributed by atoms with Crippen LogP contribution in [0.25, 0.3) is 0 Å². The maximum Gasteiger partial charge on any atom is 0.192 e. The normalized spacial score (nSPS) is 10.2. The van der Waals surface area contributed by atoms with Crippen molar-refractivity contribution in [1.82, 2.24) is 0 Å². The first-order valence-electron chi connectivity index (χ1n) is 3.42. The molecule has 0 saturated heterocycles. The zero-order valence-electron chi connectivity index (χ0n) is 7.03. The minimum absolute atomic E-state index is 0.294. The lowest BCUT2D eigenvalue weighted by Gasteiger charge is -2.09. The molecule has 0 aliphatic carbocycles. The summed E-state index contributed by atoms with van der Waals surface area (Å²) in [6.07, 6.45) is 4.93. The van der Waals surface area contributed by atoms with Gasteiger partial charge in [0.15, 0.2) is 6.29 Å². The Morgan fingerprint density at radius 1 is 1.50 bits per heavy atom. The summed E-state index contributed by atoms with van der Waals surface area (Å²) in [6.45, 7) is 0. The van der Waals surface area contributed by atoms with E-state index in [1.165, 1.54) is 11.3 Å². The third kappa shape index (κ3) is 1.86. The maximum atomic E-state index is 5.22. The highest BCUT2D eigenvalue weighted by Gasteiger charge is 2.10. The number of terminal acetylenes is 1. The van der Waals surface area contributed by atoms with Crippen LogP contribution in [0.2, 0.25) is 0 Å². The molecule has 0 bridgehead atoms. The van der Waals surface area contributed by atoms with E-state index in [1.54, 1.807) is 14.2 Å². The summed E-state index contributed by atoms with van der Waals surface area (Å²) in [7, 11) is 3.20. The zero-order valence-corrected chi connectivity index (χ0v) is 7.85. The highest BCUT2D eigenvalue weighted by molar-refractivity contribution is 7.10. The minimum Gasteiger partial charge on any atom is -0.351 e. The summed E-state index contributed by atoms with van der Waals surface area (Å²) in [5, 5.41) is 1.90. The van der Waals surface area contributed by atoms with Crippen LogP contribution in [0.1, 0.15) is 16.7 Å². The van der Waals surface area contributed by atoms with Crippen molar-refractivity contribution in [3.05, 3.63) is 21.9 Å². The lowest BCUT2D eigenvalue weighted by Crippen LogP contribution is -2.00. The number of thiophene rings is 1. The van der Waals surface area contributed by atoms with Crippen molar-refractivity contribution in [2.45, 2.75) is 6.29 Å². The summed E-state index contributed by atoms with van der Waals surface area (Å²) < 4.78 is 10.1. The van der Waals surface area contributed by atoms with Gasteiger partial charge < -0.3 is 9.47 Å². The van der Waals surface area contributed by atoms with Crippen molar-refractivity contribution >= 4 is 11.3 Å². The van der Waals surface area contributed by atoms with Gasteiger partial charge in [-0.15, -0.1) is 17.8 Å². The Morgan fingerprint density at radius 3 is 2.58 bits per heavy atom. The van der Waals surface area contributed by atoms with Crippen LogP contribution < -0.4 is 0 Å². The van der Waals surface area contributed by atoms with Crippen LogP contribution in [0.5, 0.6) is 0 Å². The van der Waals surface area contributed by atoms with Gasteiger partial charge in [0, 0.05) is 25.2 Å². The van der Waals surface area contributed by atoms with Gasteiger partial charge in [0.2, 0.25) is 0 Å². The van der Waals surface area contributed by atoms with Crippen LogP contribution in [0.3, 0.4) is 0 Å². The Bertz CT molecular complexity index is 281. The van der Waals surface area contributed by atoms with E-state index < -0.39 is 0 Å². The predicted molar refractivity (Wildman–Crippen MR) is 49.0 cm³/mol. The molecule has 2 nitrogen and oxygen atoms in total. The standard InChI is InChI=1S/C9H10O2S/c1-4-7-5-8(12-6-7)9(10-2)11-3/h1,5-6,9H,2-3H3. The summed E-state index contributed by atoms with van der Waals surface area (Å²) in [5.74, 6) is 2.55. The smallest absolute Gasteiger partial charge is 0.192 e. The van der Waals surface area contributed by atoms with Crippen LogP contribution in [-0.4, -0.2) is 14.2 Å². The number of methoxy groups -OCH3 is 2. The number of hydrogen-bond donors (Lipinski definition) is 0. The first-order valence-corrected chi connectivity index (χ1v) is 4.30.